The number of hydrogen-bond donors (Lipinski definition) is 3. The van der Waals surface area contributed by atoms with Crippen molar-refractivity contribution in [2.45, 2.75) is 31.8 Å². The van der Waals surface area contributed by atoms with Gasteiger partial charge in [-0.05, 0) is 23.3 Å². The van der Waals surface area contributed by atoms with Crippen molar-refractivity contribution in [3.63, 3.8) is 0 Å². The molecule has 2 atom stereocenters. The van der Waals surface area contributed by atoms with Crippen LogP contribution in [0.2, 0.25) is 0 Å². The van der Waals surface area contributed by atoms with E-state index < -0.39 is 35.7 Å². The molecule has 0 bridgehead atoms. The Morgan fingerprint density at radius 3 is 2.00 bits per heavy atom. The highest BCUT2D eigenvalue weighted by Gasteiger charge is 2.26. The Morgan fingerprint density at radius 2 is 1.44 bits per heavy atom. The maximum absolute atomic E-state index is 13.0. The fraction of sp³-hybridized carbons (Fsp3) is 0.250. The monoisotopic (exact) mass is 372 g/mol. The lowest BCUT2D eigenvalue weighted by molar-refractivity contribution is -0.142. The van der Waals surface area contributed by atoms with Gasteiger partial charge in [0.25, 0.3) is 0 Å². The van der Waals surface area contributed by atoms with Crippen LogP contribution in [0.15, 0.2) is 54.6 Å². The molecule has 0 fully saturated rings. The topological polar surface area (TPSA) is 95.5 Å². The summed E-state index contributed by atoms with van der Waals surface area (Å²) in [5.41, 5.74) is 1.40. The minimum Gasteiger partial charge on any atom is -0.480 e. The van der Waals surface area contributed by atoms with Gasteiger partial charge < -0.3 is 15.7 Å². The number of aliphatic carboxylic acids is 1. The molecule has 0 unspecified atom stereocenters. The highest BCUT2D eigenvalue weighted by molar-refractivity contribution is 5.90. The summed E-state index contributed by atoms with van der Waals surface area (Å²) in [4.78, 5) is 35.6. The van der Waals surface area contributed by atoms with Crippen molar-refractivity contribution in [1.82, 2.24) is 10.6 Å². The average Bonchev–Trinajstić information content (AvgIpc) is 2.62. The Balaban J connectivity index is 2.10. The van der Waals surface area contributed by atoms with E-state index in [9.17, 15) is 23.9 Å². The minimum atomic E-state index is -1.21. The van der Waals surface area contributed by atoms with Crippen LogP contribution in [-0.4, -0.2) is 35.0 Å². The van der Waals surface area contributed by atoms with E-state index in [4.69, 9.17) is 0 Å². The molecule has 0 saturated heterocycles. The lowest BCUT2D eigenvalue weighted by Gasteiger charge is -2.21. The maximum atomic E-state index is 13.0. The van der Waals surface area contributed by atoms with Gasteiger partial charge in [-0.1, -0.05) is 42.5 Å². The van der Waals surface area contributed by atoms with Crippen LogP contribution in [0.3, 0.4) is 0 Å². The fourth-order valence-corrected chi connectivity index (χ4v) is 2.63. The van der Waals surface area contributed by atoms with Crippen LogP contribution in [0, 0.1) is 5.82 Å². The highest BCUT2D eigenvalue weighted by atomic mass is 19.1. The number of carbonyl (C=O) groups is 3. The molecule has 0 aliphatic heterocycles. The van der Waals surface area contributed by atoms with Gasteiger partial charge in [-0.15, -0.1) is 0 Å². The number of halogens is 1. The average molecular weight is 372 g/mol. The Hall–Kier alpha value is -3.22. The summed E-state index contributed by atoms with van der Waals surface area (Å²) < 4.78 is 13.0. The molecule has 0 heterocycles. The second-order valence-corrected chi connectivity index (χ2v) is 6.17. The maximum Gasteiger partial charge on any atom is 0.326 e. The number of benzene rings is 2. The summed E-state index contributed by atoms with van der Waals surface area (Å²) in [6, 6.07) is 12.4. The first-order valence-electron chi connectivity index (χ1n) is 8.44. The molecular weight excluding hydrogens is 351 g/mol. The Kier molecular flexibility index (Phi) is 7.05. The molecule has 142 valence electrons. The second kappa shape index (κ2) is 9.47. The van der Waals surface area contributed by atoms with Crippen LogP contribution in [0.1, 0.15) is 18.1 Å². The third-order valence-corrected chi connectivity index (χ3v) is 3.94. The van der Waals surface area contributed by atoms with Crippen molar-refractivity contribution in [2.75, 3.05) is 0 Å². The molecule has 27 heavy (non-hydrogen) atoms. The number of carbonyl (C=O) groups excluding carboxylic acids is 2. The standard InChI is InChI=1S/C20H21FN2O4/c1-13(24)22-17(11-14-5-3-2-4-6-14)19(25)23-18(20(26)27)12-15-7-9-16(21)10-8-15/h2-10,17-18H,11-12H2,1H3,(H,22,24)(H,23,25)(H,26,27)/t17-,18-/m1/s1. The largest absolute Gasteiger partial charge is 0.480 e. The van der Waals surface area contributed by atoms with E-state index in [1.807, 2.05) is 30.3 Å². The normalized spacial score (nSPS) is 12.7. The molecule has 2 aromatic carbocycles. The summed E-state index contributed by atoms with van der Waals surface area (Å²) in [7, 11) is 0. The van der Waals surface area contributed by atoms with Gasteiger partial charge >= 0.3 is 5.97 Å². The minimum absolute atomic E-state index is 0.000514. The zero-order chi connectivity index (χ0) is 19.8. The van der Waals surface area contributed by atoms with Crippen molar-refractivity contribution in [3.8, 4) is 0 Å². The van der Waals surface area contributed by atoms with Crippen LogP contribution in [0.4, 0.5) is 4.39 Å². The Morgan fingerprint density at radius 1 is 0.889 bits per heavy atom. The molecule has 2 rings (SSSR count). The first kappa shape index (κ1) is 20.1. The van der Waals surface area contributed by atoms with Crippen LogP contribution in [0.25, 0.3) is 0 Å². The number of carboxylic acid groups (broad SMARTS) is 1. The molecule has 0 aliphatic carbocycles. The van der Waals surface area contributed by atoms with Crippen molar-refractivity contribution in [3.05, 3.63) is 71.5 Å². The molecule has 0 radical (unpaired) electrons. The molecule has 2 amide bonds. The van der Waals surface area contributed by atoms with Crippen molar-refractivity contribution >= 4 is 17.8 Å². The number of nitrogens with one attached hydrogen (secondary N) is 2. The van der Waals surface area contributed by atoms with E-state index >= 15 is 0 Å². The lowest BCUT2D eigenvalue weighted by atomic mass is 10.0. The van der Waals surface area contributed by atoms with Crippen LogP contribution in [0.5, 0.6) is 0 Å². The second-order valence-electron chi connectivity index (χ2n) is 6.17. The van der Waals surface area contributed by atoms with Gasteiger partial charge in [-0.25, -0.2) is 9.18 Å². The fourth-order valence-electron chi connectivity index (χ4n) is 2.63. The number of amides is 2. The van der Waals surface area contributed by atoms with Crippen molar-refractivity contribution in [2.24, 2.45) is 0 Å². The van der Waals surface area contributed by atoms with Gasteiger partial charge in [0.1, 0.15) is 17.9 Å². The predicted molar refractivity (Wildman–Crippen MR) is 97.4 cm³/mol. The quantitative estimate of drug-likeness (QED) is 0.657. The van der Waals surface area contributed by atoms with Gasteiger partial charge in [0.15, 0.2) is 0 Å². The summed E-state index contributed by atoms with van der Waals surface area (Å²) in [6.07, 6.45) is 0.231. The van der Waals surface area contributed by atoms with Crippen LogP contribution >= 0.6 is 0 Å². The summed E-state index contributed by atoms with van der Waals surface area (Å²) in [5.74, 6) is -2.63. The van der Waals surface area contributed by atoms with Gasteiger partial charge in [-0.3, -0.25) is 9.59 Å². The molecular formula is C20H21FN2O4. The summed E-state index contributed by atoms with van der Waals surface area (Å²) >= 11 is 0. The zero-order valence-corrected chi connectivity index (χ0v) is 14.8. The molecule has 0 aliphatic rings. The van der Waals surface area contributed by atoms with Gasteiger partial charge in [0.05, 0.1) is 0 Å². The van der Waals surface area contributed by atoms with Crippen molar-refractivity contribution < 1.29 is 23.9 Å². The first-order chi connectivity index (χ1) is 12.8. The van der Waals surface area contributed by atoms with Gasteiger partial charge in [0, 0.05) is 19.8 Å². The lowest BCUT2D eigenvalue weighted by Crippen LogP contribution is -2.52. The van der Waals surface area contributed by atoms with E-state index in [2.05, 4.69) is 10.6 Å². The molecule has 7 heteroatoms. The third-order valence-electron chi connectivity index (χ3n) is 3.94. The molecule has 0 spiro atoms. The Bertz CT molecular complexity index is 793. The van der Waals surface area contributed by atoms with E-state index in [-0.39, 0.29) is 12.8 Å². The van der Waals surface area contributed by atoms with E-state index in [0.717, 1.165) is 5.56 Å². The van der Waals surface area contributed by atoms with Gasteiger partial charge in [-0.2, -0.15) is 0 Å². The van der Waals surface area contributed by atoms with Gasteiger partial charge in [0.2, 0.25) is 11.8 Å². The number of rotatable bonds is 8. The zero-order valence-electron chi connectivity index (χ0n) is 14.8. The molecule has 3 N–H and O–H groups in total. The van der Waals surface area contributed by atoms with Crippen LogP contribution < -0.4 is 10.6 Å². The number of carboxylic acids is 1. The SMILES string of the molecule is CC(=O)N[C@H](Cc1ccccc1)C(=O)N[C@H](Cc1ccc(F)cc1)C(=O)O. The Labute approximate surface area is 156 Å². The van der Waals surface area contributed by atoms with Crippen molar-refractivity contribution in [1.29, 1.82) is 0 Å². The molecule has 0 saturated carbocycles. The highest BCUT2D eigenvalue weighted by Crippen LogP contribution is 2.08. The third kappa shape index (κ3) is 6.54. The molecule has 6 nitrogen and oxygen atoms in total. The number of hydrogen-bond acceptors (Lipinski definition) is 3. The smallest absolute Gasteiger partial charge is 0.326 e. The van der Waals surface area contributed by atoms with E-state index in [1.165, 1.54) is 31.2 Å². The van der Waals surface area contributed by atoms with E-state index in [0.29, 0.717) is 5.56 Å². The molecule has 2 aromatic rings. The van der Waals surface area contributed by atoms with Crippen LogP contribution in [-0.2, 0) is 27.2 Å². The molecule has 0 aromatic heterocycles. The summed E-state index contributed by atoms with van der Waals surface area (Å²) in [5, 5.41) is 14.4. The first-order valence-corrected chi connectivity index (χ1v) is 8.44. The van der Waals surface area contributed by atoms with E-state index in [1.54, 1.807) is 0 Å². The predicted octanol–water partition coefficient (Wildman–Crippen LogP) is 1.68. The summed E-state index contributed by atoms with van der Waals surface area (Å²) in [6.45, 7) is 1.29.